The van der Waals surface area contributed by atoms with Gasteiger partial charge in [-0.1, -0.05) is 32.6 Å². The number of nitrogens with zero attached hydrogens (tertiary/aromatic N) is 1. The maximum atomic E-state index is 5.94. The number of hydrogen-bond acceptors (Lipinski definition) is 3. The quantitative estimate of drug-likeness (QED) is 0.657. The molecular weight excluding hydrogens is 248 g/mol. The minimum absolute atomic E-state index is 0.552. The first kappa shape index (κ1) is 16.3. The topological polar surface area (TPSA) is 24.5 Å². The van der Waals surface area contributed by atoms with E-state index in [2.05, 4.69) is 17.1 Å². The smallest absolute Gasteiger partial charge is 0.0730 e. The highest BCUT2D eigenvalue weighted by Crippen LogP contribution is 2.28. The molecule has 0 radical (unpaired) electrons. The van der Waals surface area contributed by atoms with Crippen LogP contribution in [0.3, 0.4) is 0 Å². The molecule has 2 aliphatic rings. The van der Waals surface area contributed by atoms with E-state index in [4.69, 9.17) is 4.74 Å². The van der Waals surface area contributed by atoms with E-state index >= 15 is 0 Å². The number of hydrogen-bond donors (Lipinski definition) is 1. The Kier molecular flexibility index (Phi) is 7.92. The molecule has 1 aliphatic carbocycles. The summed E-state index contributed by atoms with van der Waals surface area (Å²) < 4.78 is 5.94. The number of rotatable bonds is 9. The predicted molar refractivity (Wildman–Crippen MR) is 85.2 cm³/mol. The van der Waals surface area contributed by atoms with Crippen LogP contribution in [-0.2, 0) is 4.74 Å². The summed E-state index contributed by atoms with van der Waals surface area (Å²) in [5.74, 6) is 0. The first-order valence-corrected chi connectivity index (χ1v) is 8.98. The molecule has 1 N–H and O–H groups in total. The number of morpholine rings is 1. The lowest BCUT2D eigenvalue weighted by Gasteiger charge is -2.43. The zero-order valence-corrected chi connectivity index (χ0v) is 13.4. The molecule has 1 heterocycles. The van der Waals surface area contributed by atoms with Gasteiger partial charge in [0.1, 0.15) is 0 Å². The Morgan fingerprint density at radius 2 is 1.90 bits per heavy atom. The third kappa shape index (κ3) is 5.34. The highest BCUT2D eigenvalue weighted by atomic mass is 16.5. The van der Waals surface area contributed by atoms with Crippen molar-refractivity contribution in [1.29, 1.82) is 0 Å². The summed E-state index contributed by atoms with van der Waals surface area (Å²) in [5.41, 5.74) is 0. The second kappa shape index (κ2) is 9.75. The van der Waals surface area contributed by atoms with Gasteiger partial charge in [0, 0.05) is 12.6 Å². The highest BCUT2D eigenvalue weighted by Gasteiger charge is 2.33. The van der Waals surface area contributed by atoms with Gasteiger partial charge in [-0.25, -0.2) is 0 Å². The van der Waals surface area contributed by atoms with Crippen LogP contribution in [0.5, 0.6) is 0 Å². The van der Waals surface area contributed by atoms with Crippen LogP contribution in [0, 0.1) is 0 Å². The Morgan fingerprint density at radius 1 is 1.05 bits per heavy atom. The van der Waals surface area contributed by atoms with Crippen molar-refractivity contribution in [3.05, 3.63) is 0 Å². The van der Waals surface area contributed by atoms with Gasteiger partial charge in [-0.2, -0.15) is 0 Å². The van der Waals surface area contributed by atoms with Gasteiger partial charge in [0.15, 0.2) is 0 Å². The molecule has 1 saturated carbocycles. The SMILES string of the molecule is CCCNCCCCCCN1CCOC2CCCCC21. The van der Waals surface area contributed by atoms with Crippen LogP contribution in [0.25, 0.3) is 0 Å². The average Bonchev–Trinajstić information content (AvgIpc) is 2.50. The summed E-state index contributed by atoms with van der Waals surface area (Å²) >= 11 is 0. The summed E-state index contributed by atoms with van der Waals surface area (Å²) in [6.07, 6.45) is 12.7. The van der Waals surface area contributed by atoms with Gasteiger partial charge in [0.05, 0.1) is 12.7 Å². The molecule has 2 unspecified atom stereocenters. The molecule has 3 heteroatoms. The van der Waals surface area contributed by atoms with Gasteiger partial charge in [0.25, 0.3) is 0 Å². The Balaban J connectivity index is 1.52. The van der Waals surface area contributed by atoms with Gasteiger partial charge < -0.3 is 10.1 Å². The van der Waals surface area contributed by atoms with E-state index in [-0.39, 0.29) is 0 Å². The van der Waals surface area contributed by atoms with Crippen LogP contribution in [0.15, 0.2) is 0 Å². The maximum absolute atomic E-state index is 5.94. The van der Waals surface area contributed by atoms with Gasteiger partial charge in [0.2, 0.25) is 0 Å². The fraction of sp³-hybridized carbons (Fsp3) is 1.00. The molecule has 2 fully saturated rings. The van der Waals surface area contributed by atoms with Crippen molar-refractivity contribution >= 4 is 0 Å². The van der Waals surface area contributed by atoms with Crippen molar-refractivity contribution < 1.29 is 4.74 Å². The Labute approximate surface area is 125 Å². The van der Waals surface area contributed by atoms with Crippen LogP contribution in [-0.4, -0.2) is 49.8 Å². The average molecular weight is 282 g/mol. The number of ether oxygens (including phenoxy) is 1. The fourth-order valence-electron chi connectivity index (χ4n) is 3.67. The molecule has 0 aromatic carbocycles. The van der Waals surface area contributed by atoms with Crippen molar-refractivity contribution in [1.82, 2.24) is 10.2 Å². The van der Waals surface area contributed by atoms with Gasteiger partial charge in [-0.3, -0.25) is 4.90 Å². The minimum atomic E-state index is 0.552. The molecule has 2 atom stereocenters. The molecular formula is C17H34N2O. The number of unbranched alkanes of at least 4 members (excludes halogenated alkanes) is 3. The van der Waals surface area contributed by atoms with Gasteiger partial charge in [-0.05, 0) is 51.7 Å². The Morgan fingerprint density at radius 3 is 2.80 bits per heavy atom. The molecule has 1 saturated heterocycles. The molecule has 20 heavy (non-hydrogen) atoms. The van der Waals surface area contributed by atoms with Crippen molar-refractivity contribution in [3.8, 4) is 0 Å². The summed E-state index contributed by atoms with van der Waals surface area (Å²) in [4.78, 5) is 2.72. The van der Waals surface area contributed by atoms with Crippen molar-refractivity contribution in [3.63, 3.8) is 0 Å². The zero-order valence-electron chi connectivity index (χ0n) is 13.4. The third-order valence-electron chi connectivity index (χ3n) is 4.82. The zero-order chi connectivity index (χ0) is 14.0. The molecule has 0 aromatic rings. The second-order valence-electron chi connectivity index (χ2n) is 6.46. The largest absolute Gasteiger partial charge is 0.375 e. The summed E-state index contributed by atoms with van der Waals surface area (Å²) in [6.45, 7) is 8.04. The van der Waals surface area contributed by atoms with Gasteiger partial charge >= 0.3 is 0 Å². The van der Waals surface area contributed by atoms with Gasteiger partial charge in [-0.15, -0.1) is 0 Å². The molecule has 3 nitrogen and oxygen atoms in total. The molecule has 0 bridgehead atoms. The molecule has 0 amide bonds. The Bertz CT molecular complexity index is 245. The van der Waals surface area contributed by atoms with Crippen LogP contribution in [0.2, 0.25) is 0 Å². The fourth-order valence-corrected chi connectivity index (χ4v) is 3.67. The van der Waals surface area contributed by atoms with E-state index in [0.29, 0.717) is 6.10 Å². The van der Waals surface area contributed by atoms with Crippen molar-refractivity contribution in [2.75, 3.05) is 32.8 Å². The normalized spacial score (nSPS) is 27.4. The van der Waals surface area contributed by atoms with Crippen molar-refractivity contribution in [2.24, 2.45) is 0 Å². The maximum Gasteiger partial charge on any atom is 0.0730 e. The van der Waals surface area contributed by atoms with E-state index in [9.17, 15) is 0 Å². The molecule has 1 aliphatic heterocycles. The number of nitrogens with one attached hydrogen (secondary N) is 1. The molecule has 0 aromatic heterocycles. The first-order valence-electron chi connectivity index (χ1n) is 8.98. The first-order chi connectivity index (χ1) is 9.92. The molecule has 118 valence electrons. The van der Waals surface area contributed by atoms with Crippen LogP contribution >= 0.6 is 0 Å². The minimum Gasteiger partial charge on any atom is -0.375 e. The monoisotopic (exact) mass is 282 g/mol. The van der Waals surface area contributed by atoms with E-state index in [1.807, 2.05) is 0 Å². The van der Waals surface area contributed by atoms with Crippen molar-refractivity contribution in [2.45, 2.75) is 76.9 Å². The van der Waals surface area contributed by atoms with Crippen LogP contribution < -0.4 is 5.32 Å². The van der Waals surface area contributed by atoms with E-state index in [1.165, 1.54) is 84.0 Å². The van der Waals surface area contributed by atoms with E-state index in [1.54, 1.807) is 0 Å². The van der Waals surface area contributed by atoms with Crippen LogP contribution in [0.1, 0.15) is 64.7 Å². The summed E-state index contributed by atoms with van der Waals surface area (Å²) in [7, 11) is 0. The number of fused-ring (bicyclic) bond motifs is 1. The highest BCUT2D eigenvalue weighted by molar-refractivity contribution is 4.87. The summed E-state index contributed by atoms with van der Waals surface area (Å²) in [5, 5.41) is 3.49. The molecule has 2 rings (SSSR count). The molecule has 0 spiro atoms. The third-order valence-corrected chi connectivity index (χ3v) is 4.82. The predicted octanol–water partition coefficient (Wildman–Crippen LogP) is 3.19. The lowest BCUT2D eigenvalue weighted by atomic mass is 9.90. The lowest BCUT2D eigenvalue weighted by molar-refractivity contribution is -0.0882. The summed E-state index contributed by atoms with van der Waals surface area (Å²) in [6, 6.07) is 0.740. The standard InChI is InChI=1S/C17H34N2O/c1-2-11-18-12-7-3-4-8-13-19-14-15-20-17-10-6-5-9-16(17)19/h16-18H,2-15H2,1H3. The second-order valence-corrected chi connectivity index (χ2v) is 6.46. The van der Waals surface area contributed by atoms with E-state index in [0.717, 1.165) is 12.6 Å². The lowest BCUT2D eigenvalue weighted by Crippen LogP contribution is -2.52. The Hall–Kier alpha value is -0.120. The van der Waals surface area contributed by atoms with E-state index < -0.39 is 0 Å². The van der Waals surface area contributed by atoms with Crippen LogP contribution in [0.4, 0.5) is 0 Å².